The highest BCUT2D eigenvalue weighted by Crippen LogP contribution is 2.18. The van der Waals surface area contributed by atoms with Gasteiger partial charge in [-0.2, -0.15) is 0 Å². The van der Waals surface area contributed by atoms with Gasteiger partial charge in [0, 0.05) is 23.5 Å². The van der Waals surface area contributed by atoms with E-state index >= 15 is 0 Å². The second kappa shape index (κ2) is 8.89. The third kappa shape index (κ3) is 5.10. The highest BCUT2D eigenvalue weighted by atomic mass is 16.5. The van der Waals surface area contributed by atoms with Gasteiger partial charge in [-0.05, 0) is 36.6 Å². The first-order chi connectivity index (χ1) is 13.1. The number of H-pyrrole nitrogens is 1. The van der Waals surface area contributed by atoms with Gasteiger partial charge in [0.25, 0.3) is 0 Å². The van der Waals surface area contributed by atoms with Crippen molar-refractivity contribution in [2.24, 2.45) is 0 Å². The number of nitrogens with one attached hydrogen (secondary N) is 3. The molecule has 1 heterocycles. The number of amides is 2. The van der Waals surface area contributed by atoms with Crippen molar-refractivity contribution in [3.63, 3.8) is 0 Å². The molecule has 3 N–H and O–H groups in total. The molecular formula is C21H23N3O3. The lowest BCUT2D eigenvalue weighted by Crippen LogP contribution is -2.42. The summed E-state index contributed by atoms with van der Waals surface area (Å²) in [6.07, 6.45) is 2.85. The van der Waals surface area contributed by atoms with E-state index in [1.165, 1.54) is 0 Å². The quantitative estimate of drug-likeness (QED) is 0.445. The molecule has 0 aliphatic rings. The molecule has 0 fully saturated rings. The van der Waals surface area contributed by atoms with Gasteiger partial charge in [0.05, 0.1) is 13.0 Å². The van der Waals surface area contributed by atoms with Crippen LogP contribution >= 0.6 is 0 Å². The summed E-state index contributed by atoms with van der Waals surface area (Å²) in [5.41, 5.74) is 7.85. The zero-order valence-electron chi connectivity index (χ0n) is 15.2. The smallest absolute Gasteiger partial charge is 0.242 e. The maximum atomic E-state index is 12.0. The van der Waals surface area contributed by atoms with Gasteiger partial charge in [0.15, 0.2) is 0 Å². The maximum absolute atomic E-state index is 12.0. The van der Waals surface area contributed by atoms with Crippen LogP contribution in [-0.2, 0) is 16.0 Å². The minimum atomic E-state index is -0.260. The number of hydrazine groups is 1. The van der Waals surface area contributed by atoms with Gasteiger partial charge in [-0.3, -0.25) is 20.4 Å². The number of rotatable bonds is 7. The second-order valence-corrected chi connectivity index (χ2v) is 6.35. The van der Waals surface area contributed by atoms with Gasteiger partial charge in [-0.25, -0.2) is 0 Å². The molecule has 0 saturated heterocycles. The summed E-state index contributed by atoms with van der Waals surface area (Å²) in [5.74, 6) is 0.324. The number of hydrogen-bond acceptors (Lipinski definition) is 3. The van der Waals surface area contributed by atoms with Gasteiger partial charge in [-0.15, -0.1) is 0 Å². The van der Waals surface area contributed by atoms with Crippen LogP contribution in [0.4, 0.5) is 0 Å². The number of benzene rings is 2. The second-order valence-electron chi connectivity index (χ2n) is 6.35. The van der Waals surface area contributed by atoms with Crippen LogP contribution in [0.3, 0.4) is 0 Å². The third-order valence-electron chi connectivity index (χ3n) is 4.27. The molecule has 0 saturated carbocycles. The zero-order chi connectivity index (χ0) is 19.1. The molecule has 0 unspecified atom stereocenters. The molecular weight excluding hydrogens is 342 g/mol. The van der Waals surface area contributed by atoms with Crippen molar-refractivity contribution in [1.29, 1.82) is 0 Å². The molecule has 0 aliphatic carbocycles. The number of ether oxygens (including phenoxy) is 1. The monoisotopic (exact) mass is 365 g/mol. The minimum Gasteiger partial charge on any atom is -0.493 e. The van der Waals surface area contributed by atoms with Crippen LogP contribution in [0.15, 0.2) is 54.7 Å². The molecule has 0 bridgehead atoms. The topological polar surface area (TPSA) is 83.2 Å². The largest absolute Gasteiger partial charge is 0.493 e. The standard InChI is InChI=1S/C21H23N3O3/c1-15-7-2-5-10-19(15)27-12-6-11-20(25)23-24-21(26)13-16-14-22-18-9-4-3-8-17(16)18/h2-5,7-10,14,22H,6,11-13H2,1H3,(H,23,25)(H,24,26). The first-order valence-corrected chi connectivity index (χ1v) is 8.94. The van der Waals surface area contributed by atoms with E-state index < -0.39 is 0 Å². The Morgan fingerprint density at radius 3 is 2.59 bits per heavy atom. The zero-order valence-corrected chi connectivity index (χ0v) is 15.2. The molecule has 140 valence electrons. The van der Waals surface area contributed by atoms with E-state index in [-0.39, 0.29) is 24.7 Å². The van der Waals surface area contributed by atoms with E-state index in [4.69, 9.17) is 4.74 Å². The Balaban J connectivity index is 1.36. The number of carbonyl (C=O) groups excluding carboxylic acids is 2. The number of para-hydroxylation sites is 2. The van der Waals surface area contributed by atoms with Crippen molar-refractivity contribution in [1.82, 2.24) is 15.8 Å². The van der Waals surface area contributed by atoms with Gasteiger partial charge < -0.3 is 9.72 Å². The fourth-order valence-corrected chi connectivity index (χ4v) is 2.83. The molecule has 3 rings (SSSR count). The van der Waals surface area contributed by atoms with E-state index in [1.807, 2.05) is 61.7 Å². The Kier molecular flexibility index (Phi) is 6.10. The summed E-state index contributed by atoms with van der Waals surface area (Å²) in [7, 11) is 0. The summed E-state index contributed by atoms with van der Waals surface area (Å²) >= 11 is 0. The number of fused-ring (bicyclic) bond motifs is 1. The third-order valence-corrected chi connectivity index (χ3v) is 4.27. The summed E-state index contributed by atoms with van der Waals surface area (Å²) in [4.78, 5) is 27.0. The van der Waals surface area contributed by atoms with Crippen LogP contribution in [0, 0.1) is 6.92 Å². The molecule has 3 aromatic rings. The van der Waals surface area contributed by atoms with E-state index in [2.05, 4.69) is 15.8 Å². The Bertz CT molecular complexity index is 933. The summed E-state index contributed by atoms with van der Waals surface area (Å²) in [5, 5.41) is 1.01. The molecule has 6 heteroatoms. The van der Waals surface area contributed by atoms with Crippen molar-refractivity contribution >= 4 is 22.7 Å². The Hall–Kier alpha value is -3.28. The number of aryl methyl sites for hydroxylation is 1. The first-order valence-electron chi connectivity index (χ1n) is 8.94. The average molecular weight is 365 g/mol. The van der Waals surface area contributed by atoms with E-state index in [0.29, 0.717) is 13.0 Å². The van der Waals surface area contributed by atoms with Gasteiger partial charge in [-0.1, -0.05) is 36.4 Å². The van der Waals surface area contributed by atoms with Crippen LogP contribution in [0.2, 0.25) is 0 Å². The molecule has 0 aliphatic heterocycles. The maximum Gasteiger partial charge on any atom is 0.242 e. The van der Waals surface area contributed by atoms with Crippen LogP contribution in [0.25, 0.3) is 10.9 Å². The van der Waals surface area contributed by atoms with Gasteiger partial charge in [0.2, 0.25) is 11.8 Å². The van der Waals surface area contributed by atoms with Crippen molar-refractivity contribution in [3.05, 3.63) is 65.9 Å². The Morgan fingerprint density at radius 2 is 1.74 bits per heavy atom. The lowest BCUT2D eigenvalue weighted by Gasteiger charge is -2.09. The Morgan fingerprint density at radius 1 is 1.00 bits per heavy atom. The highest BCUT2D eigenvalue weighted by Gasteiger charge is 2.09. The molecule has 0 spiro atoms. The highest BCUT2D eigenvalue weighted by molar-refractivity contribution is 5.89. The van der Waals surface area contributed by atoms with E-state index in [0.717, 1.165) is 27.8 Å². The normalized spacial score (nSPS) is 10.6. The Labute approximate surface area is 157 Å². The van der Waals surface area contributed by atoms with E-state index in [1.54, 1.807) is 0 Å². The molecule has 0 radical (unpaired) electrons. The first kappa shape index (κ1) is 18.5. The van der Waals surface area contributed by atoms with Crippen molar-refractivity contribution in [3.8, 4) is 5.75 Å². The average Bonchev–Trinajstić information content (AvgIpc) is 3.08. The molecule has 2 aromatic carbocycles. The number of carbonyl (C=O) groups is 2. The number of aromatic nitrogens is 1. The fraction of sp³-hybridized carbons (Fsp3) is 0.238. The lowest BCUT2D eigenvalue weighted by atomic mass is 10.1. The molecule has 27 heavy (non-hydrogen) atoms. The van der Waals surface area contributed by atoms with Crippen LogP contribution in [0.1, 0.15) is 24.0 Å². The number of aromatic amines is 1. The summed E-state index contributed by atoms with van der Waals surface area (Å²) in [6, 6.07) is 15.5. The van der Waals surface area contributed by atoms with Crippen molar-refractivity contribution in [2.75, 3.05) is 6.61 Å². The minimum absolute atomic E-state index is 0.195. The van der Waals surface area contributed by atoms with Gasteiger partial charge >= 0.3 is 0 Å². The molecule has 2 amide bonds. The number of hydrogen-bond donors (Lipinski definition) is 3. The van der Waals surface area contributed by atoms with Crippen LogP contribution < -0.4 is 15.6 Å². The summed E-state index contributed by atoms with van der Waals surface area (Å²) < 4.78 is 5.65. The predicted octanol–water partition coefficient (Wildman–Crippen LogP) is 3.03. The fourth-order valence-electron chi connectivity index (χ4n) is 2.83. The van der Waals surface area contributed by atoms with Gasteiger partial charge in [0.1, 0.15) is 5.75 Å². The molecule has 1 aromatic heterocycles. The molecule has 0 atom stereocenters. The summed E-state index contributed by atoms with van der Waals surface area (Å²) in [6.45, 7) is 2.42. The molecule has 6 nitrogen and oxygen atoms in total. The van der Waals surface area contributed by atoms with Crippen molar-refractivity contribution < 1.29 is 14.3 Å². The van der Waals surface area contributed by atoms with Crippen LogP contribution in [0.5, 0.6) is 5.75 Å². The van der Waals surface area contributed by atoms with Crippen molar-refractivity contribution in [2.45, 2.75) is 26.2 Å². The van der Waals surface area contributed by atoms with E-state index in [9.17, 15) is 9.59 Å². The SMILES string of the molecule is Cc1ccccc1OCCCC(=O)NNC(=O)Cc1c[nH]c2ccccc12. The van der Waals surface area contributed by atoms with Crippen LogP contribution in [-0.4, -0.2) is 23.4 Å². The lowest BCUT2D eigenvalue weighted by molar-refractivity contribution is -0.128. The predicted molar refractivity (Wildman–Crippen MR) is 104 cm³/mol.